The van der Waals surface area contributed by atoms with E-state index in [1.54, 1.807) is 12.1 Å². The van der Waals surface area contributed by atoms with Crippen molar-refractivity contribution in [3.05, 3.63) is 32.8 Å². The molecule has 0 saturated heterocycles. The van der Waals surface area contributed by atoms with Gasteiger partial charge in [-0.3, -0.25) is 4.79 Å². The van der Waals surface area contributed by atoms with Gasteiger partial charge in [-0.15, -0.1) is 0 Å². The summed E-state index contributed by atoms with van der Waals surface area (Å²) in [6.07, 6.45) is 0. The monoisotopic (exact) mass is 308 g/mol. The fraction of sp³-hybridized carbons (Fsp3) is 0.417. The number of likely N-dealkylation sites (N-methyl/N-ethyl adjacent to an activating group) is 1. The summed E-state index contributed by atoms with van der Waals surface area (Å²) in [7, 11) is 0. The minimum absolute atomic E-state index is 0.0551. The van der Waals surface area contributed by atoms with Gasteiger partial charge in [0.1, 0.15) is 0 Å². The quantitative estimate of drug-likeness (QED) is 0.818. The smallest absolute Gasteiger partial charge is 0.233 e. The molecule has 0 aromatic heterocycles. The summed E-state index contributed by atoms with van der Waals surface area (Å²) < 4.78 is 0. The average molecular weight is 310 g/mol. The van der Waals surface area contributed by atoms with E-state index in [2.05, 4.69) is 10.6 Å². The molecule has 0 saturated carbocycles. The zero-order chi connectivity index (χ0) is 13.7. The minimum Gasteiger partial charge on any atom is -0.355 e. The summed E-state index contributed by atoms with van der Waals surface area (Å²) in [6.45, 7) is 4.62. The topological polar surface area (TPSA) is 41.1 Å². The third kappa shape index (κ3) is 4.02. The second-order valence-electron chi connectivity index (χ2n) is 3.82. The third-order valence-electron chi connectivity index (χ3n) is 2.47. The molecule has 1 amide bonds. The number of halogens is 3. The Morgan fingerprint density at radius 1 is 1.28 bits per heavy atom. The van der Waals surface area contributed by atoms with Crippen molar-refractivity contribution in [2.45, 2.75) is 19.9 Å². The highest BCUT2D eigenvalue weighted by atomic mass is 35.5. The molecule has 2 N–H and O–H groups in total. The summed E-state index contributed by atoms with van der Waals surface area (Å²) in [4.78, 5) is 11.3. The van der Waals surface area contributed by atoms with E-state index in [9.17, 15) is 4.79 Å². The molecule has 3 nitrogen and oxygen atoms in total. The summed E-state index contributed by atoms with van der Waals surface area (Å²) >= 11 is 17.9. The van der Waals surface area contributed by atoms with Gasteiger partial charge in [0.05, 0.1) is 21.6 Å². The SMILES string of the molecule is CCNC(=O)CNC(C)c1ccc(Cl)c(Cl)c1Cl. The third-order valence-corrected chi connectivity index (χ3v) is 3.78. The summed E-state index contributed by atoms with van der Waals surface area (Å²) in [5, 5.41) is 6.95. The predicted octanol–water partition coefficient (Wildman–Crippen LogP) is 3.43. The van der Waals surface area contributed by atoms with E-state index in [4.69, 9.17) is 34.8 Å². The van der Waals surface area contributed by atoms with Crippen LogP contribution in [0.1, 0.15) is 25.5 Å². The van der Waals surface area contributed by atoms with Gasteiger partial charge in [-0.1, -0.05) is 40.9 Å². The standard InChI is InChI=1S/C12H15Cl3N2O/c1-3-16-10(18)6-17-7(2)8-4-5-9(13)12(15)11(8)14/h4-5,7,17H,3,6H2,1-2H3,(H,16,18). The molecule has 0 aliphatic heterocycles. The number of nitrogens with one attached hydrogen (secondary N) is 2. The van der Waals surface area contributed by atoms with Crippen molar-refractivity contribution in [1.29, 1.82) is 0 Å². The molecule has 0 aliphatic rings. The number of amides is 1. The van der Waals surface area contributed by atoms with E-state index in [1.165, 1.54) is 0 Å². The fourth-order valence-corrected chi connectivity index (χ4v) is 2.20. The average Bonchev–Trinajstić information content (AvgIpc) is 2.34. The van der Waals surface area contributed by atoms with Crippen molar-refractivity contribution in [1.82, 2.24) is 10.6 Å². The molecule has 18 heavy (non-hydrogen) atoms. The maximum atomic E-state index is 11.3. The Bertz CT molecular complexity index is 438. The van der Waals surface area contributed by atoms with Gasteiger partial charge in [0.25, 0.3) is 0 Å². The molecule has 100 valence electrons. The van der Waals surface area contributed by atoms with E-state index >= 15 is 0 Å². The molecule has 1 aromatic rings. The highest BCUT2D eigenvalue weighted by Gasteiger charge is 2.14. The Kier molecular flexibility index (Phi) is 6.22. The number of rotatable bonds is 5. The van der Waals surface area contributed by atoms with E-state index in [1.807, 2.05) is 13.8 Å². The largest absolute Gasteiger partial charge is 0.355 e. The van der Waals surface area contributed by atoms with Crippen molar-refractivity contribution >= 4 is 40.7 Å². The maximum absolute atomic E-state index is 11.3. The Morgan fingerprint density at radius 3 is 2.56 bits per heavy atom. The lowest BCUT2D eigenvalue weighted by molar-refractivity contribution is -0.120. The second kappa shape index (κ2) is 7.19. The van der Waals surface area contributed by atoms with Crippen LogP contribution in [0.15, 0.2) is 12.1 Å². The van der Waals surface area contributed by atoms with Crippen molar-refractivity contribution in [3.8, 4) is 0 Å². The summed E-state index contributed by atoms with van der Waals surface area (Å²) in [6, 6.07) is 3.40. The molecule has 1 rings (SSSR count). The highest BCUT2D eigenvalue weighted by molar-refractivity contribution is 6.48. The first-order valence-electron chi connectivity index (χ1n) is 5.60. The maximum Gasteiger partial charge on any atom is 0.233 e. The molecule has 0 aliphatic carbocycles. The molecular formula is C12H15Cl3N2O. The molecule has 6 heteroatoms. The molecular weight excluding hydrogens is 295 g/mol. The van der Waals surface area contributed by atoms with Crippen LogP contribution >= 0.6 is 34.8 Å². The summed E-state index contributed by atoms with van der Waals surface area (Å²) in [5.74, 6) is -0.0551. The normalized spacial score (nSPS) is 12.3. The van der Waals surface area contributed by atoms with Gasteiger partial charge < -0.3 is 10.6 Å². The molecule has 1 atom stereocenters. The fourth-order valence-electron chi connectivity index (χ4n) is 1.49. The van der Waals surface area contributed by atoms with Gasteiger partial charge >= 0.3 is 0 Å². The molecule has 1 unspecified atom stereocenters. The van der Waals surface area contributed by atoms with Crippen molar-refractivity contribution in [3.63, 3.8) is 0 Å². The van der Waals surface area contributed by atoms with Crippen molar-refractivity contribution in [2.75, 3.05) is 13.1 Å². The van der Waals surface area contributed by atoms with Crippen LogP contribution in [0.2, 0.25) is 15.1 Å². The molecule has 0 spiro atoms. The Morgan fingerprint density at radius 2 is 1.94 bits per heavy atom. The minimum atomic E-state index is -0.0881. The van der Waals surface area contributed by atoms with Crippen LogP contribution in [0.25, 0.3) is 0 Å². The number of carbonyl (C=O) groups is 1. The lowest BCUT2D eigenvalue weighted by atomic mass is 10.1. The molecule has 0 heterocycles. The second-order valence-corrected chi connectivity index (χ2v) is 4.98. The Balaban J connectivity index is 2.70. The van der Waals surface area contributed by atoms with E-state index < -0.39 is 0 Å². The van der Waals surface area contributed by atoms with Crippen molar-refractivity contribution in [2.24, 2.45) is 0 Å². The number of hydrogen-bond acceptors (Lipinski definition) is 2. The first-order chi connectivity index (χ1) is 8.47. The lowest BCUT2D eigenvalue weighted by Crippen LogP contribution is -2.34. The van der Waals surface area contributed by atoms with Gasteiger partial charge in [0.15, 0.2) is 0 Å². The Labute approximate surface area is 122 Å². The van der Waals surface area contributed by atoms with Gasteiger partial charge in [-0.05, 0) is 25.5 Å². The molecule has 0 radical (unpaired) electrons. The van der Waals surface area contributed by atoms with Crippen LogP contribution in [-0.2, 0) is 4.79 Å². The van der Waals surface area contributed by atoms with Crippen LogP contribution in [0, 0.1) is 0 Å². The van der Waals surface area contributed by atoms with Crippen LogP contribution in [-0.4, -0.2) is 19.0 Å². The van der Waals surface area contributed by atoms with E-state index in [0.29, 0.717) is 21.6 Å². The van der Waals surface area contributed by atoms with E-state index in [-0.39, 0.29) is 18.5 Å². The van der Waals surface area contributed by atoms with Gasteiger partial charge in [0.2, 0.25) is 5.91 Å². The predicted molar refractivity (Wildman–Crippen MR) is 76.6 cm³/mol. The van der Waals surface area contributed by atoms with Crippen LogP contribution in [0.3, 0.4) is 0 Å². The van der Waals surface area contributed by atoms with Gasteiger partial charge in [0, 0.05) is 12.6 Å². The molecule has 0 bridgehead atoms. The number of benzene rings is 1. The Hall–Kier alpha value is -0.480. The first-order valence-corrected chi connectivity index (χ1v) is 6.74. The summed E-state index contributed by atoms with van der Waals surface area (Å²) in [5.41, 5.74) is 0.815. The zero-order valence-corrected chi connectivity index (χ0v) is 12.5. The molecule has 1 aromatic carbocycles. The van der Waals surface area contributed by atoms with E-state index in [0.717, 1.165) is 5.56 Å². The molecule has 0 fully saturated rings. The van der Waals surface area contributed by atoms with Crippen LogP contribution in [0.4, 0.5) is 0 Å². The van der Waals surface area contributed by atoms with Gasteiger partial charge in [-0.2, -0.15) is 0 Å². The van der Waals surface area contributed by atoms with Crippen LogP contribution in [0.5, 0.6) is 0 Å². The van der Waals surface area contributed by atoms with Gasteiger partial charge in [-0.25, -0.2) is 0 Å². The zero-order valence-electron chi connectivity index (χ0n) is 10.2. The highest BCUT2D eigenvalue weighted by Crippen LogP contribution is 2.35. The van der Waals surface area contributed by atoms with Crippen LogP contribution < -0.4 is 10.6 Å². The number of hydrogen-bond donors (Lipinski definition) is 2. The first kappa shape index (κ1) is 15.6. The lowest BCUT2D eigenvalue weighted by Gasteiger charge is -2.16. The number of carbonyl (C=O) groups excluding carboxylic acids is 1. The van der Waals surface area contributed by atoms with Crippen molar-refractivity contribution < 1.29 is 4.79 Å².